The first-order valence-corrected chi connectivity index (χ1v) is 4.83. The highest BCUT2D eigenvalue weighted by molar-refractivity contribution is 4.68. The Bertz CT molecular complexity index is 117. The molecule has 0 aromatic heterocycles. The van der Waals surface area contributed by atoms with E-state index >= 15 is 0 Å². The number of hydrogen-bond acceptors (Lipinski definition) is 3. The van der Waals surface area contributed by atoms with Crippen LogP contribution in [0.1, 0.15) is 13.8 Å². The van der Waals surface area contributed by atoms with Crippen molar-refractivity contribution in [2.75, 3.05) is 39.9 Å². The molecule has 3 heteroatoms. The van der Waals surface area contributed by atoms with E-state index in [1.165, 1.54) is 26.2 Å². The molecule has 0 aromatic rings. The summed E-state index contributed by atoms with van der Waals surface area (Å²) in [7, 11) is 2.19. The molecular weight excluding hydrogens is 150 g/mol. The largest absolute Gasteiger partial charge is 0.304 e. The smallest absolute Gasteiger partial charge is 0.0483 e. The maximum absolute atomic E-state index is 3.44. The zero-order valence-corrected chi connectivity index (χ0v) is 8.51. The van der Waals surface area contributed by atoms with Crippen molar-refractivity contribution in [3.05, 3.63) is 0 Å². The first kappa shape index (κ1) is 9.96. The van der Waals surface area contributed by atoms with Gasteiger partial charge in [0.05, 0.1) is 0 Å². The molecule has 72 valence electrons. The fourth-order valence-electron chi connectivity index (χ4n) is 1.32. The molecular formula is C9H21N3. The van der Waals surface area contributed by atoms with Crippen LogP contribution in [0.4, 0.5) is 0 Å². The standard InChI is InChI=1S/C9H21N3/c1-9(2)10-8-12-6-4-11(3)5-7-12/h9-10H,4-8H2,1-3H3. The minimum Gasteiger partial charge on any atom is -0.304 e. The third-order valence-corrected chi connectivity index (χ3v) is 2.32. The molecule has 1 aliphatic rings. The number of nitrogens with zero attached hydrogens (tertiary/aromatic N) is 2. The Morgan fingerprint density at radius 1 is 1.17 bits per heavy atom. The molecule has 0 bridgehead atoms. The molecule has 0 aromatic carbocycles. The Balaban J connectivity index is 2.09. The van der Waals surface area contributed by atoms with Crippen LogP contribution in [0.3, 0.4) is 0 Å². The van der Waals surface area contributed by atoms with Gasteiger partial charge in [-0.15, -0.1) is 0 Å². The van der Waals surface area contributed by atoms with Crippen LogP contribution < -0.4 is 5.32 Å². The Labute approximate surface area is 75.7 Å². The van der Waals surface area contributed by atoms with Crippen molar-refractivity contribution >= 4 is 0 Å². The summed E-state index contributed by atoms with van der Waals surface area (Å²) in [4.78, 5) is 4.85. The zero-order valence-electron chi connectivity index (χ0n) is 8.51. The predicted molar refractivity (Wildman–Crippen MR) is 52.2 cm³/mol. The van der Waals surface area contributed by atoms with Gasteiger partial charge in [0.25, 0.3) is 0 Å². The normalized spacial score (nSPS) is 22.0. The fourth-order valence-corrected chi connectivity index (χ4v) is 1.32. The number of nitrogens with one attached hydrogen (secondary N) is 1. The number of likely N-dealkylation sites (N-methyl/N-ethyl adjacent to an activating group) is 1. The maximum atomic E-state index is 3.44. The van der Waals surface area contributed by atoms with Crippen molar-refractivity contribution < 1.29 is 0 Å². The van der Waals surface area contributed by atoms with E-state index in [0.717, 1.165) is 6.67 Å². The lowest BCUT2D eigenvalue weighted by Gasteiger charge is -2.32. The van der Waals surface area contributed by atoms with E-state index in [2.05, 4.69) is 36.0 Å². The topological polar surface area (TPSA) is 18.5 Å². The van der Waals surface area contributed by atoms with Crippen LogP contribution >= 0.6 is 0 Å². The van der Waals surface area contributed by atoms with E-state index in [9.17, 15) is 0 Å². The fraction of sp³-hybridized carbons (Fsp3) is 1.00. The summed E-state index contributed by atoms with van der Waals surface area (Å²) in [5, 5.41) is 3.44. The number of rotatable bonds is 3. The van der Waals surface area contributed by atoms with Gasteiger partial charge in [-0.2, -0.15) is 0 Å². The molecule has 1 aliphatic heterocycles. The van der Waals surface area contributed by atoms with E-state index in [4.69, 9.17) is 0 Å². The Kier molecular flexibility index (Phi) is 3.98. The van der Waals surface area contributed by atoms with Gasteiger partial charge in [-0.25, -0.2) is 0 Å². The number of piperazine rings is 1. The first-order chi connectivity index (χ1) is 5.68. The second-order valence-electron chi connectivity index (χ2n) is 3.94. The maximum Gasteiger partial charge on any atom is 0.0483 e. The third kappa shape index (κ3) is 3.52. The van der Waals surface area contributed by atoms with Gasteiger partial charge >= 0.3 is 0 Å². The highest BCUT2D eigenvalue weighted by Crippen LogP contribution is 1.96. The molecule has 3 nitrogen and oxygen atoms in total. The van der Waals surface area contributed by atoms with E-state index in [1.54, 1.807) is 0 Å². The minimum absolute atomic E-state index is 0.602. The van der Waals surface area contributed by atoms with Gasteiger partial charge in [-0.1, -0.05) is 0 Å². The van der Waals surface area contributed by atoms with Gasteiger partial charge in [0.15, 0.2) is 0 Å². The second-order valence-corrected chi connectivity index (χ2v) is 3.94. The van der Waals surface area contributed by atoms with Crippen LogP contribution in [0.15, 0.2) is 0 Å². The van der Waals surface area contributed by atoms with E-state index in [1.807, 2.05) is 0 Å². The Morgan fingerprint density at radius 2 is 1.75 bits per heavy atom. The lowest BCUT2D eigenvalue weighted by atomic mass is 10.3. The number of hydrogen-bond donors (Lipinski definition) is 1. The molecule has 0 amide bonds. The molecule has 0 aliphatic carbocycles. The molecule has 0 radical (unpaired) electrons. The van der Waals surface area contributed by atoms with Gasteiger partial charge in [0.2, 0.25) is 0 Å². The van der Waals surface area contributed by atoms with Crippen molar-refractivity contribution in [1.82, 2.24) is 15.1 Å². The van der Waals surface area contributed by atoms with E-state index < -0.39 is 0 Å². The summed E-state index contributed by atoms with van der Waals surface area (Å²) in [6.45, 7) is 10.3. The highest BCUT2D eigenvalue weighted by Gasteiger charge is 2.12. The molecule has 0 spiro atoms. The summed E-state index contributed by atoms with van der Waals surface area (Å²) in [6, 6.07) is 0.602. The second kappa shape index (κ2) is 4.80. The van der Waals surface area contributed by atoms with Crippen molar-refractivity contribution in [2.24, 2.45) is 0 Å². The summed E-state index contributed by atoms with van der Waals surface area (Å²) in [5.74, 6) is 0. The van der Waals surface area contributed by atoms with Gasteiger partial charge in [0.1, 0.15) is 0 Å². The van der Waals surface area contributed by atoms with Gasteiger partial charge in [-0.3, -0.25) is 4.90 Å². The monoisotopic (exact) mass is 171 g/mol. The van der Waals surface area contributed by atoms with Crippen molar-refractivity contribution in [1.29, 1.82) is 0 Å². The molecule has 1 N–H and O–H groups in total. The van der Waals surface area contributed by atoms with Crippen LogP contribution in [-0.2, 0) is 0 Å². The van der Waals surface area contributed by atoms with Crippen molar-refractivity contribution in [3.8, 4) is 0 Å². The molecule has 1 saturated heterocycles. The lowest BCUT2D eigenvalue weighted by molar-refractivity contribution is 0.142. The average molecular weight is 171 g/mol. The molecule has 0 unspecified atom stereocenters. The summed E-state index contributed by atoms with van der Waals surface area (Å²) in [5.41, 5.74) is 0. The molecule has 0 saturated carbocycles. The quantitative estimate of drug-likeness (QED) is 0.654. The van der Waals surface area contributed by atoms with Crippen LogP contribution in [0, 0.1) is 0 Å². The first-order valence-electron chi connectivity index (χ1n) is 4.83. The minimum atomic E-state index is 0.602. The van der Waals surface area contributed by atoms with Gasteiger partial charge in [0, 0.05) is 38.9 Å². The van der Waals surface area contributed by atoms with Gasteiger partial charge < -0.3 is 10.2 Å². The predicted octanol–water partition coefficient (Wildman–Crippen LogP) is 0.189. The summed E-state index contributed by atoms with van der Waals surface area (Å²) < 4.78 is 0. The average Bonchev–Trinajstić information content (AvgIpc) is 2.03. The van der Waals surface area contributed by atoms with Crippen molar-refractivity contribution in [3.63, 3.8) is 0 Å². The highest BCUT2D eigenvalue weighted by atomic mass is 15.3. The molecule has 1 fully saturated rings. The SMILES string of the molecule is CC(C)NCN1CCN(C)CC1. The van der Waals surface area contributed by atoms with Crippen LogP contribution in [0.2, 0.25) is 0 Å². The molecule has 12 heavy (non-hydrogen) atoms. The molecule has 1 heterocycles. The van der Waals surface area contributed by atoms with E-state index in [-0.39, 0.29) is 0 Å². The van der Waals surface area contributed by atoms with Crippen molar-refractivity contribution in [2.45, 2.75) is 19.9 Å². The van der Waals surface area contributed by atoms with E-state index in [0.29, 0.717) is 6.04 Å². The summed E-state index contributed by atoms with van der Waals surface area (Å²) in [6.07, 6.45) is 0. The third-order valence-electron chi connectivity index (χ3n) is 2.32. The van der Waals surface area contributed by atoms with Crippen LogP contribution in [0.25, 0.3) is 0 Å². The Morgan fingerprint density at radius 3 is 2.25 bits per heavy atom. The zero-order chi connectivity index (χ0) is 8.97. The summed E-state index contributed by atoms with van der Waals surface area (Å²) >= 11 is 0. The van der Waals surface area contributed by atoms with Crippen LogP contribution in [-0.4, -0.2) is 55.7 Å². The lowest BCUT2D eigenvalue weighted by Crippen LogP contribution is -2.48. The molecule has 1 rings (SSSR count). The van der Waals surface area contributed by atoms with Crippen LogP contribution in [0.5, 0.6) is 0 Å². The Hall–Kier alpha value is -0.120. The molecule has 0 atom stereocenters. The van der Waals surface area contributed by atoms with Gasteiger partial charge in [-0.05, 0) is 20.9 Å².